The summed E-state index contributed by atoms with van der Waals surface area (Å²) in [4.78, 5) is 6.90. The van der Waals surface area contributed by atoms with Crippen molar-refractivity contribution in [1.29, 1.82) is 0 Å². The molecule has 0 bridgehead atoms. The molecular weight excluding hydrogens is 234 g/mol. The monoisotopic (exact) mass is 263 g/mol. The van der Waals surface area contributed by atoms with E-state index in [0.717, 1.165) is 12.4 Å². The molecule has 0 spiro atoms. The van der Waals surface area contributed by atoms with Crippen LogP contribution in [0.3, 0.4) is 0 Å². The Balaban J connectivity index is 3.06. The van der Waals surface area contributed by atoms with Crippen LogP contribution in [0.4, 0.5) is 5.82 Å². The molecule has 1 aromatic heterocycles. The molecule has 0 fully saturated rings. The van der Waals surface area contributed by atoms with Crippen molar-refractivity contribution in [2.75, 3.05) is 18.5 Å². The van der Waals surface area contributed by atoms with E-state index in [0.29, 0.717) is 12.1 Å². The second kappa shape index (κ2) is 6.38. The van der Waals surface area contributed by atoms with E-state index in [4.69, 9.17) is 0 Å². The lowest BCUT2D eigenvalue weighted by molar-refractivity contribution is 0.328. The summed E-state index contributed by atoms with van der Waals surface area (Å²) in [5.41, 5.74) is 1.49. The predicted molar refractivity (Wildman–Crippen MR) is 83.6 cm³/mol. The molecule has 0 aliphatic carbocycles. The average molecular weight is 263 g/mol. The topological polar surface area (TPSA) is 28.2 Å². The van der Waals surface area contributed by atoms with Crippen LogP contribution in [0.5, 0.6) is 0 Å². The lowest BCUT2D eigenvalue weighted by atomic mass is 9.87. The first kappa shape index (κ1) is 16.0. The van der Waals surface area contributed by atoms with Crippen LogP contribution in [0.15, 0.2) is 18.3 Å². The maximum absolute atomic E-state index is 4.60. The molecular formula is C16H29N3. The molecule has 3 heteroatoms. The zero-order chi connectivity index (χ0) is 14.6. The van der Waals surface area contributed by atoms with Crippen LogP contribution < -0.4 is 10.2 Å². The summed E-state index contributed by atoms with van der Waals surface area (Å²) >= 11 is 0. The number of nitrogens with zero attached hydrogens (tertiary/aromatic N) is 2. The lowest BCUT2D eigenvalue weighted by Crippen LogP contribution is -2.40. The van der Waals surface area contributed by atoms with E-state index in [1.54, 1.807) is 0 Å². The van der Waals surface area contributed by atoms with Gasteiger partial charge in [-0.1, -0.05) is 33.8 Å². The minimum absolute atomic E-state index is 0.227. The van der Waals surface area contributed by atoms with Gasteiger partial charge in [0, 0.05) is 30.9 Å². The predicted octanol–water partition coefficient (Wildman–Crippen LogP) is 3.62. The van der Waals surface area contributed by atoms with Crippen LogP contribution in [-0.4, -0.2) is 24.6 Å². The Bertz CT molecular complexity index is 395. The Morgan fingerprint density at radius 2 is 1.95 bits per heavy atom. The van der Waals surface area contributed by atoms with E-state index in [-0.39, 0.29) is 5.41 Å². The zero-order valence-electron chi connectivity index (χ0n) is 13.5. The van der Waals surface area contributed by atoms with E-state index in [1.807, 2.05) is 12.3 Å². The Kier molecular flexibility index (Phi) is 5.36. The normalized spacial score (nSPS) is 15.1. The van der Waals surface area contributed by atoms with Gasteiger partial charge in [-0.15, -0.1) is 0 Å². The first-order chi connectivity index (χ1) is 8.79. The fourth-order valence-electron chi connectivity index (χ4n) is 2.22. The molecule has 1 heterocycles. The molecule has 1 rings (SSSR count). The quantitative estimate of drug-likeness (QED) is 0.879. The van der Waals surface area contributed by atoms with Gasteiger partial charge in [-0.25, -0.2) is 4.98 Å². The summed E-state index contributed by atoms with van der Waals surface area (Å²) in [6.45, 7) is 14.4. The molecule has 0 aliphatic heterocycles. The van der Waals surface area contributed by atoms with Gasteiger partial charge >= 0.3 is 0 Å². The Morgan fingerprint density at radius 1 is 1.32 bits per heavy atom. The van der Waals surface area contributed by atoms with Gasteiger partial charge in [-0.3, -0.25) is 0 Å². The molecule has 0 amide bonds. The maximum Gasteiger partial charge on any atom is 0.133 e. The van der Waals surface area contributed by atoms with Crippen molar-refractivity contribution in [2.24, 2.45) is 5.41 Å². The number of hydrogen-bond acceptors (Lipinski definition) is 3. The highest BCUT2D eigenvalue weighted by Gasteiger charge is 2.26. The van der Waals surface area contributed by atoms with Gasteiger partial charge in [0.15, 0.2) is 0 Å². The van der Waals surface area contributed by atoms with E-state index >= 15 is 0 Å². The SMILES string of the molecule is CCNC(C)c1cccnc1N(C)C(C)C(C)(C)C. The third kappa shape index (κ3) is 3.93. The average Bonchev–Trinajstić information content (AvgIpc) is 2.36. The van der Waals surface area contributed by atoms with Crippen molar-refractivity contribution in [1.82, 2.24) is 10.3 Å². The fraction of sp³-hybridized carbons (Fsp3) is 0.688. The number of nitrogens with one attached hydrogen (secondary N) is 1. The maximum atomic E-state index is 4.60. The van der Waals surface area contributed by atoms with Crippen molar-refractivity contribution >= 4 is 5.82 Å². The molecule has 108 valence electrons. The summed E-state index contributed by atoms with van der Waals surface area (Å²) in [5, 5.41) is 3.47. The minimum Gasteiger partial charge on any atom is -0.356 e. The molecule has 2 atom stereocenters. The highest BCUT2D eigenvalue weighted by Crippen LogP contribution is 2.30. The highest BCUT2D eigenvalue weighted by molar-refractivity contribution is 5.48. The smallest absolute Gasteiger partial charge is 0.133 e. The molecule has 1 aromatic rings. The molecule has 0 radical (unpaired) electrons. The molecule has 0 aliphatic rings. The molecule has 0 saturated heterocycles. The van der Waals surface area contributed by atoms with Crippen LogP contribution in [0, 0.1) is 5.41 Å². The van der Waals surface area contributed by atoms with Gasteiger partial charge < -0.3 is 10.2 Å². The van der Waals surface area contributed by atoms with Crippen LogP contribution >= 0.6 is 0 Å². The Hall–Kier alpha value is -1.09. The number of hydrogen-bond donors (Lipinski definition) is 1. The lowest BCUT2D eigenvalue weighted by Gasteiger charge is -2.37. The second-order valence-corrected chi connectivity index (χ2v) is 6.35. The molecule has 2 unspecified atom stereocenters. The molecule has 0 aromatic carbocycles. The Morgan fingerprint density at radius 3 is 2.47 bits per heavy atom. The van der Waals surface area contributed by atoms with Crippen LogP contribution in [0.2, 0.25) is 0 Å². The molecule has 3 nitrogen and oxygen atoms in total. The first-order valence-electron chi connectivity index (χ1n) is 7.20. The zero-order valence-corrected chi connectivity index (χ0v) is 13.5. The van der Waals surface area contributed by atoms with E-state index in [1.165, 1.54) is 5.56 Å². The van der Waals surface area contributed by atoms with Gasteiger partial charge in [-0.05, 0) is 31.9 Å². The molecule has 1 N–H and O–H groups in total. The summed E-state index contributed by atoms with van der Waals surface area (Å²) in [6, 6.07) is 4.93. The fourth-order valence-corrected chi connectivity index (χ4v) is 2.22. The summed E-state index contributed by atoms with van der Waals surface area (Å²) in [6.07, 6.45) is 1.88. The van der Waals surface area contributed by atoms with E-state index in [9.17, 15) is 0 Å². The van der Waals surface area contributed by atoms with Gasteiger partial charge in [-0.2, -0.15) is 0 Å². The summed E-state index contributed by atoms with van der Waals surface area (Å²) in [5.74, 6) is 1.08. The second-order valence-electron chi connectivity index (χ2n) is 6.35. The van der Waals surface area contributed by atoms with Crippen LogP contribution in [0.1, 0.15) is 53.1 Å². The van der Waals surface area contributed by atoms with Gasteiger partial charge in [0.2, 0.25) is 0 Å². The van der Waals surface area contributed by atoms with Crippen molar-refractivity contribution in [3.8, 4) is 0 Å². The third-order valence-electron chi connectivity index (χ3n) is 3.96. The van der Waals surface area contributed by atoms with Crippen LogP contribution in [0.25, 0.3) is 0 Å². The van der Waals surface area contributed by atoms with Crippen molar-refractivity contribution in [3.63, 3.8) is 0 Å². The minimum atomic E-state index is 0.227. The standard InChI is InChI=1S/C16H29N3/c1-8-17-12(2)14-10-9-11-18-15(14)19(7)13(3)16(4,5)6/h9-13,17H,8H2,1-7H3. The van der Waals surface area contributed by atoms with Gasteiger partial charge in [0.1, 0.15) is 5.82 Å². The number of rotatable bonds is 5. The van der Waals surface area contributed by atoms with E-state index < -0.39 is 0 Å². The van der Waals surface area contributed by atoms with Crippen molar-refractivity contribution in [2.45, 2.75) is 53.6 Å². The van der Waals surface area contributed by atoms with Gasteiger partial charge in [0.05, 0.1) is 0 Å². The molecule has 0 saturated carbocycles. The first-order valence-corrected chi connectivity index (χ1v) is 7.20. The number of anilines is 1. The summed E-state index contributed by atoms with van der Waals surface area (Å²) < 4.78 is 0. The number of pyridine rings is 1. The van der Waals surface area contributed by atoms with Crippen molar-refractivity contribution in [3.05, 3.63) is 23.9 Å². The Labute approximate surface area is 118 Å². The van der Waals surface area contributed by atoms with Crippen LogP contribution in [-0.2, 0) is 0 Å². The largest absolute Gasteiger partial charge is 0.356 e. The van der Waals surface area contributed by atoms with Crippen molar-refractivity contribution < 1.29 is 0 Å². The van der Waals surface area contributed by atoms with E-state index in [2.05, 4.69) is 69.9 Å². The third-order valence-corrected chi connectivity index (χ3v) is 3.96. The number of aromatic nitrogens is 1. The van der Waals surface area contributed by atoms with Gasteiger partial charge in [0.25, 0.3) is 0 Å². The highest BCUT2D eigenvalue weighted by atomic mass is 15.2. The molecule has 19 heavy (non-hydrogen) atoms. The summed E-state index contributed by atoms with van der Waals surface area (Å²) in [7, 11) is 2.14.